The monoisotopic (exact) mass is 382 g/mol. The fourth-order valence-electron chi connectivity index (χ4n) is 2.02. The average Bonchev–Trinajstić information content (AvgIpc) is 2.50. The van der Waals surface area contributed by atoms with Gasteiger partial charge in [0.2, 0.25) is 0 Å². The van der Waals surface area contributed by atoms with Crippen molar-refractivity contribution in [2.45, 2.75) is 18.3 Å². The number of ether oxygens (including phenoxy) is 1. The molecule has 1 aliphatic rings. The molecule has 0 radical (unpaired) electrons. The Balaban J connectivity index is 0.00000288. The molecule has 0 aliphatic carbocycles. The van der Waals surface area contributed by atoms with Crippen LogP contribution in [0.4, 0.5) is 0 Å². The summed E-state index contributed by atoms with van der Waals surface area (Å²) < 4.78 is 38.6. The largest absolute Gasteiger partial charge is 1.00 e. The quantitative estimate of drug-likeness (QED) is 0.302. The van der Waals surface area contributed by atoms with Crippen LogP contribution in [0.25, 0.3) is 0 Å². The molecule has 126 valence electrons. The topological polar surface area (TPSA) is 116 Å². The third-order valence-electron chi connectivity index (χ3n) is 3.01. The molecular weight excluding hydrogens is 367 g/mol. The second-order valence-corrected chi connectivity index (χ2v) is 7.23. The molecule has 8 nitrogen and oxygen atoms in total. The zero-order valence-corrected chi connectivity index (χ0v) is 16.8. The van der Waals surface area contributed by atoms with E-state index in [0.29, 0.717) is 11.5 Å². The predicted molar refractivity (Wildman–Crippen MR) is 82.3 cm³/mol. The molecule has 11 heteroatoms. The Morgan fingerprint density at radius 2 is 2.00 bits per heavy atom. The third kappa shape index (κ3) is 5.11. The summed E-state index contributed by atoms with van der Waals surface area (Å²) >= 11 is 1.09. The van der Waals surface area contributed by atoms with Crippen LogP contribution in [0.15, 0.2) is 30.3 Å². The molecule has 0 unspecified atom stereocenters. The normalized spacial score (nSPS) is 19.9. The van der Waals surface area contributed by atoms with Crippen molar-refractivity contribution in [2.24, 2.45) is 0 Å². The van der Waals surface area contributed by atoms with E-state index in [1.165, 1.54) is 0 Å². The first-order valence-electron chi connectivity index (χ1n) is 6.72. The van der Waals surface area contributed by atoms with E-state index < -0.39 is 33.5 Å². The minimum atomic E-state index is -4.88. The van der Waals surface area contributed by atoms with Crippen LogP contribution in [0, 0.1) is 0 Å². The Bertz CT molecular complexity index is 685. The molecule has 1 N–H and O–H groups in total. The summed E-state index contributed by atoms with van der Waals surface area (Å²) in [5.74, 6) is -0.529. The van der Waals surface area contributed by atoms with Crippen molar-refractivity contribution in [3.05, 3.63) is 30.3 Å². The summed E-state index contributed by atoms with van der Waals surface area (Å²) in [6, 6.07) is 7.58. The fourth-order valence-corrected chi connectivity index (χ4v) is 4.19. The van der Waals surface area contributed by atoms with Crippen LogP contribution < -0.4 is 39.6 Å². The van der Waals surface area contributed by atoms with Crippen LogP contribution in [0.3, 0.4) is 0 Å². The second-order valence-electron chi connectivity index (χ2n) is 4.58. The van der Waals surface area contributed by atoms with Gasteiger partial charge >= 0.3 is 29.6 Å². The number of carbonyl (C=O) groups excluding carboxylic acids is 2. The molecule has 2 amide bonds. The van der Waals surface area contributed by atoms with Crippen molar-refractivity contribution >= 4 is 33.9 Å². The minimum Gasteiger partial charge on any atom is -0.731 e. The van der Waals surface area contributed by atoms with Gasteiger partial charge in [-0.05, 0) is 17.9 Å². The molecule has 1 heterocycles. The summed E-state index contributed by atoms with van der Waals surface area (Å²) in [5.41, 5.74) is 0. The van der Waals surface area contributed by atoms with Gasteiger partial charge in [0.25, 0.3) is 11.8 Å². The Labute approximate surface area is 166 Å². The molecule has 2 atom stereocenters. The van der Waals surface area contributed by atoms with Gasteiger partial charge in [0.1, 0.15) is 17.2 Å². The summed E-state index contributed by atoms with van der Waals surface area (Å²) in [4.78, 5) is 23.6. The molecule has 0 spiro atoms. The van der Waals surface area contributed by atoms with Crippen LogP contribution in [-0.2, 0) is 19.9 Å². The van der Waals surface area contributed by atoms with Gasteiger partial charge in [-0.25, -0.2) is 12.7 Å². The average molecular weight is 382 g/mol. The molecular formula is C13H15N2NaO6S2. The standard InChI is InChI=1S/C13H16N2O6S2.Na/c1-2-22-13-11(12(17)15(13)23(18,19)20)14-10(16)8-21-9-6-4-3-5-7-9;/h3-7,11,13H,2,8H2,1H3,(H,14,16)(H,18,19,20);/q;+1/p-1/t11-,13-;/m1./s1. The maximum atomic E-state index is 11.8. The number of hydrogen-bond donors (Lipinski definition) is 1. The van der Waals surface area contributed by atoms with E-state index in [0.717, 1.165) is 11.8 Å². The molecule has 0 aromatic heterocycles. The van der Waals surface area contributed by atoms with Crippen LogP contribution in [-0.4, -0.2) is 52.9 Å². The molecule has 1 aliphatic heterocycles. The third-order valence-corrected chi connectivity index (χ3v) is 5.19. The van der Waals surface area contributed by atoms with Crippen molar-refractivity contribution < 1.29 is 56.9 Å². The van der Waals surface area contributed by atoms with Crippen molar-refractivity contribution in [3.8, 4) is 5.75 Å². The number of thioether (sulfide) groups is 1. The number of nitrogens with zero attached hydrogens (tertiary/aromatic N) is 1. The number of hydrogen-bond acceptors (Lipinski definition) is 7. The number of carbonyl (C=O) groups is 2. The van der Waals surface area contributed by atoms with Crippen molar-refractivity contribution in [1.82, 2.24) is 9.62 Å². The van der Waals surface area contributed by atoms with Gasteiger partial charge in [0.05, 0.1) is 0 Å². The molecule has 1 aromatic carbocycles. The first kappa shape index (κ1) is 21.3. The first-order chi connectivity index (χ1) is 10.8. The van der Waals surface area contributed by atoms with Crippen molar-refractivity contribution in [1.29, 1.82) is 0 Å². The van der Waals surface area contributed by atoms with E-state index in [1.807, 2.05) is 0 Å². The zero-order chi connectivity index (χ0) is 17.0. The van der Waals surface area contributed by atoms with Crippen molar-refractivity contribution in [3.63, 3.8) is 0 Å². The van der Waals surface area contributed by atoms with E-state index >= 15 is 0 Å². The summed E-state index contributed by atoms with van der Waals surface area (Å²) in [5, 5.41) is 1.47. The molecule has 1 fully saturated rings. The minimum absolute atomic E-state index is 0. The van der Waals surface area contributed by atoms with Gasteiger partial charge in [-0.2, -0.15) is 0 Å². The van der Waals surface area contributed by atoms with E-state index in [2.05, 4.69) is 5.32 Å². The summed E-state index contributed by atoms with van der Waals surface area (Å²) in [7, 11) is -4.88. The molecule has 2 rings (SSSR count). The Morgan fingerprint density at radius 3 is 2.54 bits per heavy atom. The molecule has 1 aromatic rings. The number of amides is 2. The number of para-hydroxylation sites is 1. The van der Waals surface area contributed by atoms with Gasteiger partial charge in [-0.1, -0.05) is 25.1 Å². The van der Waals surface area contributed by atoms with Crippen LogP contribution in [0.2, 0.25) is 0 Å². The smallest absolute Gasteiger partial charge is 0.731 e. The number of β-lactam (4-membered cyclic amide) rings is 1. The Morgan fingerprint density at radius 1 is 1.38 bits per heavy atom. The van der Waals surface area contributed by atoms with Gasteiger partial charge < -0.3 is 14.6 Å². The van der Waals surface area contributed by atoms with Crippen LogP contribution in [0.1, 0.15) is 6.92 Å². The van der Waals surface area contributed by atoms with Gasteiger partial charge in [-0.3, -0.25) is 9.59 Å². The van der Waals surface area contributed by atoms with Crippen LogP contribution >= 0.6 is 11.8 Å². The van der Waals surface area contributed by atoms with E-state index in [4.69, 9.17) is 4.74 Å². The fraction of sp³-hybridized carbons (Fsp3) is 0.385. The SMILES string of the molecule is CCS[C@@H]1[C@H](NC(=O)COc2ccccc2)C(=O)N1S(=O)(=O)[O-].[Na+]. The van der Waals surface area contributed by atoms with E-state index in [1.54, 1.807) is 37.3 Å². The molecule has 0 saturated carbocycles. The van der Waals surface area contributed by atoms with Crippen molar-refractivity contribution in [2.75, 3.05) is 12.4 Å². The molecule has 24 heavy (non-hydrogen) atoms. The maximum absolute atomic E-state index is 11.8. The van der Waals surface area contributed by atoms with E-state index in [9.17, 15) is 22.6 Å². The maximum Gasteiger partial charge on any atom is 1.00 e. The van der Waals surface area contributed by atoms with E-state index in [-0.39, 0.29) is 40.5 Å². The van der Waals surface area contributed by atoms with Gasteiger partial charge in [-0.15, -0.1) is 11.8 Å². The zero-order valence-electron chi connectivity index (χ0n) is 13.2. The Hall–Kier alpha value is -0.780. The molecule has 0 bridgehead atoms. The summed E-state index contributed by atoms with van der Waals surface area (Å²) in [6.07, 6.45) is 0. The number of nitrogens with one attached hydrogen (secondary N) is 1. The first-order valence-corrected chi connectivity index (χ1v) is 9.14. The number of rotatable bonds is 7. The number of benzene rings is 1. The predicted octanol–water partition coefficient (Wildman–Crippen LogP) is -3.06. The second kappa shape index (κ2) is 9.07. The van der Waals surface area contributed by atoms with Gasteiger partial charge in [0, 0.05) is 0 Å². The van der Waals surface area contributed by atoms with Crippen LogP contribution in [0.5, 0.6) is 5.75 Å². The van der Waals surface area contributed by atoms with Gasteiger partial charge in [0.15, 0.2) is 16.9 Å². The Kier molecular flexibility index (Phi) is 8.03. The summed E-state index contributed by atoms with van der Waals surface area (Å²) in [6.45, 7) is 1.43. The molecule has 1 saturated heterocycles.